The molecule has 0 bridgehead atoms. The van der Waals surface area contributed by atoms with E-state index >= 15 is 0 Å². The Balaban J connectivity index is 1.87. The number of carboxylic acid groups (broad SMARTS) is 1. The highest BCUT2D eigenvalue weighted by molar-refractivity contribution is 6.08. The van der Waals surface area contributed by atoms with Gasteiger partial charge in [-0.3, -0.25) is 4.79 Å². The SMILES string of the molecule is O=C(Nc1cc(/C=C/c2ccc(O)cc2)ccc1C(=O)O)c1ccccc1. The summed E-state index contributed by atoms with van der Waals surface area (Å²) in [4.78, 5) is 23.8. The van der Waals surface area contributed by atoms with Crippen LogP contribution in [0.15, 0.2) is 72.8 Å². The molecule has 0 radical (unpaired) electrons. The van der Waals surface area contributed by atoms with Crippen LogP contribution in [0.5, 0.6) is 5.75 Å². The number of anilines is 1. The maximum Gasteiger partial charge on any atom is 0.337 e. The van der Waals surface area contributed by atoms with E-state index in [1.165, 1.54) is 6.07 Å². The zero-order chi connectivity index (χ0) is 19.2. The van der Waals surface area contributed by atoms with Crippen molar-refractivity contribution in [2.24, 2.45) is 0 Å². The molecular formula is C22H17NO4. The van der Waals surface area contributed by atoms with E-state index < -0.39 is 5.97 Å². The van der Waals surface area contributed by atoms with Crippen LogP contribution < -0.4 is 5.32 Å². The Labute approximate surface area is 156 Å². The van der Waals surface area contributed by atoms with Gasteiger partial charge in [0.15, 0.2) is 0 Å². The maximum absolute atomic E-state index is 12.4. The van der Waals surface area contributed by atoms with E-state index in [1.54, 1.807) is 72.8 Å². The number of phenolic OH excluding ortho intramolecular Hbond substituents is 1. The molecule has 0 heterocycles. The molecular weight excluding hydrogens is 342 g/mol. The monoisotopic (exact) mass is 359 g/mol. The summed E-state index contributed by atoms with van der Waals surface area (Å²) < 4.78 is 0. The van der Waals surface area contributed by atoms with Crippen LogP contribution in [-0.4, -0.2) is 22.1 Å². The topological polar surface area (TPSA) is 86.6 Å². The molecule has 0 aliphatic heterocycles. The third-order valence-electron chi connectivity index (χ3n) is 3.92. The predicted molar refractivity (Wildman–Crippen MR) is 105 cm³/mol. The smallest absolute Gasteiger partial charge is 0.337 e. The fourth-order valence-electron chi connectivity index (χ4n) is 2.52. The molecule has 0 aromatic heterocycles. The number of aromatic hydroxyl groups is 1. The molecule has 0 fully saturated rings. The quantitative estimate of drug-likeness (QED) is 0.585. The maximum atomic E-state index is 12.4. The van der Waals surface area contributed by atoms with Crippen LogP contribution in [0, 0.1) is 0 Å². The normalized spacial score (nSPS) is 10.7. The van der Waals surface area contributed by atoms with E-state index in [2.05, 4.69) is 5.32 Å². The summed E-state index contributed by atoms with van der Waals surface area (Å²) in [7, 11) is 0. The molecule has 0 unspecified atom stereocenters. The van der Waals surface area contributed by atoms with E-state index in [-0.39, 0.29) is 22.9 Å². The molecule has 0 saturated carbocycles. The summed E-state index contributed by atoms with van der Waals surface area (Å²) in [5.74, 6) is -1.31. The zero-order valence-corrected chi connectivity index (χ0v) is 14.3. The average Bonchev–Trinajstić information content (AvgIpc) is 2.68. The Kier molecular flexibility index (Phi) is 5.33. The minimum atomic E-state index is -1.12. The number of nitrogens with one attached hydrogen (secondary N) is 1. The zero-order valence-electron chi connectivity index (χ0n) is 14.3. The molecule has 0 saturated heterocycles. The van der Waals surface area contributed by atoms with Crippen LogP contribution >= 0.6 is 0 Å². The summed E-state index contributed by atoms with van der Waals surface area (Å²) >= 11 is 0. The molecule has 3 rings (SSSR count). The van der Waals surface area contributed by atoms with Gasteiger partial charge in [-0.05, 0) is 47.5 Å². The molecule has 5 heteroatoms. The first-order chi connectivity index (χ1) is 13.0. The van der Waals surface area contributed by atoms with E-state index in [0.29, 0.717) is 5.56 Å². The molecule has 0 aliphatic rings. The number of rotatable bonds is 5. The van der Waals surface area contributed by atoms with Crippen molar-refractivity contribution < 1.29 is 19.8 Å². The summed E-state index contributed by atoms with van der Waals surface area (Å²) in [6.45, 7) is 0. The number of hydrogen-bond donors (Lipinski definition) is 3. The number of carboxylic acids is 1. The predicted octanol–water partition coefficient (Wildman–Crippen LogP) is 4.51. The summed E-state index contributed by atoms with van der Waals surface area (Å²) in [5.41, 5.74) is 2.30. The molecule has 3 aromatic rings. The second-order valence-electron chi connectivity index (χ2n) is 5.86. The van der Waals surface area contributed by atoms with Crippen molar-refractivity contribution in [2.75, 3.05) is 5.32 Å². The van der Waals surface area contributed by atoms with Crippen LogP contribution in [0.1, 0.15) is 31.8 Å². The van der Waals surface area contributed by atoms with Gasteiger partial charge in [0, 0.05) is 5.56 Å². The summed E-state index contributed by atoms with van der Waals surface area (Å²) in [6, 6.07) is 20.0. The highest BCUT2D eigenvalue weighted by atomic mass is 16.4. The molecule has 5 nitrogen and oxygen atoms in total. The van der Waals surface area contributed by atoms with Crippen molar-refractivity contribution in [3.8, 4) is 5.75 Å². The van der Waals surface area contributed by atoms with Crippen LogP contribution in [-0.2, 0) is 0 Å². The van der Waals surface area contributed by atoms with E-state index in [4.69, 9.17) is 0 Å². The highest BCUT2D eigenvalue weighted by Gasteiger charge is 2.13. The molecule has 0 aliphatic carbocycles. The van der Waals surface area contributed by atoms with Crippen LogP contribution in [0.25, 0.3) is 12.2 Å². The molecule has 3 N–H and O–H groups in total. The Morgan fingerprint density at radius 1 is 0.815 bits per heavy atom. The van der Waals surface area contributed by atoms with Gasteiger partial charge in [0.1, 0.15) is 5.75 Å². The second kappa shape index (κ2) is 8.01. The van der Waals surface area contributed by atoms with Gasteiger partial charge >= 0.3 is 5.97 Å². The standard InChI is InChI=1S/C22H17NO4/c24-18-11-8-15(9-12-18)6-7-16-10-13-19(22(26)27)20(14-16)23-21(25)17-4-2-1-3-5-17/h1-14,24H,(H,23,25)(H,26,27)/b7-6+. The van der Waals surface area contributed by atoms with Crippen LogP contribution in [0.4, 0.5) is 5.69 Å². The van der Waals surface area contributed by atoms with Crippen molar-refractivity contribution >= 4 is 29.7 Å². The van der Waals surface area contributed by atoms with Crippen molar-refractivity contribution in [3.05, 3.63) is 95.1 Å². The number of carbonyl (C=O) groups excluding carboxylic acids is 1. The number of benzene rings is 3. The van der Waals surface area contributed by atoms with Gasteiger partial charge < -0.3 is 15.5 Å². The Morgan fingerprint density at radius 2 is 1.44 bits per heavy atom. The van der Waals surface area contributed by atoms with Crippen molar-refractivity contribution in [1.82, 2.24) is 0 Å². The van der Waals surface area contributed by atoms with Gasteiger partial charge in [-0.25, -0.2) is 4.79 Å². The van der Waals surface area contributed by atoms with Crippen LogP contribution in [0.3, 0.4) is 0 Å². The summed E-state index contributed by atoms with van der Waals surface area (Å²) in [5, 5.41) is 21.4. The third kappa shape index (κ3) is 4.61. The average molecular weight is 359 g/mol. The third-order valence-corrected chi connectivity index (χ3v) is 3.92. The van der Waals surface area contributed by atoms with Crippen molar-refractivity contribution in [1.29, 1.82) is 0 Å². The minimum absolute atomic E-state index is 0.0149. The van der Waals surface area contributed by atoms with Gasteiger partial charge in [-0.2, -0.15) is 0 Å². The number of aromatic carboxylic acids is 1. The number of carbonyl (C=O) groups is 2. The van der Waals surface area contributed by atoms with Crippen LogP contribution in [0.2, 0.25) is 0 Å². The Hall–Kier alpha value is -3.86. The van der Waals surface area contributed by atoms with Crippen molar-refractivity contribution in [2.45, 2.75) is 0 Å². The lowest BCUT2D eigenvalue weighted by Gasteiger charge is -2.10. The van der Waals surface area contributed by atoms with E-state index in [9.17, 15) is 19.8 Å². The van der Waals surface area contributed by atoms with Crippen molar-refractivity contribution in [3.63, 3.8) is 0 Å². The Morgan fingerprint density at radius 3 is 2.11 bits per heavy atom. The highest BCUT2D eigenvalue weighted by Crippen LogP contribution is 2.21. The number of amides is 1. The first-order valence-electron chi connectivity index (χ1n) is 8.24. The lowest BCUT2D eigenvalue weighted by atomic mass is 10.1. The minimum Gasteiger partial charge on any atom is -0.508 e. The summed E-state index contributed by atoms with van der Waals surface area (Å²) in [6.07, 6.45) is 3.63. The molecule has 3 aromatic carbocycles. The lowest BCUT2D eigenvalue weighted by molar-refractivity contribution is 0.0698. The Bertz CT molecular complexity index is 993. The van der Waals surface area contributed by atoms with Gasteiger partial charge in [0.2, 0.25) is 0 Å². The van der Waals surface area contributed by atoms with E-state index in [0.717, 1.165) is 11.1 Å². The fraction of sp³-hybridized carbons (Fsp3) is 0. The van der Waals surface area contributed by atoms with E-state index in [1.807, 2.05) is 6.08 Å². The molecule has 27 heavy (non-hydrogen) atoms. The first kappa shape index (κ1) is 17.9. The largest absolute Gasteiger partial charge is 0.508 e. The fourth-order valence-corrected chi connectivity index (χ4v) is 2.52. The second-order valence-corrected chi connectivity index (χ2v) is 5.86. The lowest BCUT2D eigenvalue weighted by Crippen LogP contribution is -2.14. The molecule has 134 valence electrons. The molecule has 1 amide bonds. The van der Waals surface area contributed by atoms with Gasteiger partial charge in [0.05, 0.1) is 11.3 Å². The molecule has 0 atom stereocenters. The number of phenols is 1. The van der Waals surface area contributed by atoms with Gasteiger partial charge in [0.25, 0.3) is 5.91 Å². The number of hydrogen-bond acceptors (Lipinski definition) is 3. The van der Waals surface area contributed by atoms with Gasteiger partial charge in [-0.15, -0.1) is 0 Å². The first-order valence-corrected chi connectivity index (χ1v) is 8.24. The van der Waals surface area contributed by atoms with Gasteiger partial charge in [-0.1, -0.05) is 48.6 Å². The molecule has 0 spiro atoms.